The summed E-state index contributed by atoms with van der Waals surface area (Å²) in [5, 5.41) is 12.5. The molecule has 6 nitrogen and oxygen atoms in total. The average Bonchev–Trinajstić information content (AvgIpc) is 2.66. The summed E-state index contributed by atoms with van der Waals surface area (Å²) < 4.78 is 54.0. The molecule has 1 aromatic heterocycles. The number of nitrogens with one attached hydrogen (secondary N) is 2. The number of aromatic amines is 1. The Hall–Kier alpha value is -2.54. The molecule has 0 aliphatic rings. The minimum Gasteiger partial charge on any atom is -0.369 e. The van der Waals surface area contributed by atoms with Gasteiger partial charge in [0.15, 0.2) is 0 Å². The van der Waals surface area contributed by atoms with Gasteiger partial charge < -0.3 is 15.4 Å². The zero-order valence-electron chi connectivity index (χ0n) is 14.3. The Kier molecular flexibility index (Phi) is 5.63. The number of carbonyl (C=O) groups is 1. The standard InChI is InChI=1S/C18H12F4IN3O3/c19-11-6-5-9(7-12(11)23)17(29,18(20,21)22)16(28)24-8-14-25-13-4-2-1-3-10(13)15(27)26-14/h1-7,29H,8H2,(H,24,28)(H,25,26,27). The second-order valence-electron chi connectivity index (χ2n) is 6.05. The van der Waals surface area contributed by atoms with Crippen molar-refractivity contribution in [2.75, 3.05) is 0 Å². The summed E-state index contributed by atoms with van der Waals surface area (Å²) in [7, 11) is 0. The molecule has 0 saturated carbocycles. The van der Waals surface area contributed by atoms with Gasteiger partial charge in [0.1, 0.15) is 11.6 Å². The summed E-state index contributed by atoms with van der Waals surface area (Å²) in [6, 6.07) is 8.43. The molecule has 0 aliphatic heterocycles. The monoisotopic (exact) mass is 521 g/mol. The van der Waals surface area contributed by atoms with Crippen molar-refractivity contribution >= 4 is 39.4 Å². The summed E-state index contributed by atoms with van der Waals surface area (Å²) in [4.78, 5) is 30.8. The second kappa shape index (κ2) is 7.71. The lowest BCUT2D eigenvalue weighted by Crippen LogP contribution is -2.54. The molecule has 0 radical (unpaired) electrons. The minimum absolute atomic E-state index is 0.0970. The first-order chi connectivity index (χ1) is 13.5. The van der Waals surface area contributed by atoms with E-state index >= 15 is 0 Å². The van der Waals surface area contributed by atoms with Crippen LogP contribution in [0.4, 0.5) is 17.6 Å². The van der Waals surface area contributed by atoms with Gasteiger partial charge in [-0.2, -0.15) is 13.2 Å². The number of aromatic nitrogens is 2. The van der Waals surface area contributed by atoms with Crippen LogP contribution in [0.15, 0.2) is 47.3 Å². The molecule has 3 rings (SSSR count). The fourth-order valence-corrected chi connectivity index (χ4v) is 3.17. The first-order valence-corrected chi connectivity index (χ1v) is 9.13. The smallest absolute Gasteiger partial charge is 0.369 e. The van der Waals surface area contributed by atoms with Crippen LogP contribution in [0.1, 0.15) is 11.4 Å². The van der Waals surface area contributed by atoms with Crippen LogP contribution in [0.2, 0.25) is 0 Å². The van der Waals surface area contributed by atoms with E-state index in [2.05, 4.69) is 9.97 Å². The number of hydrogen-bond donors (Lipinski definition) is 3. The Morgan fingerprint density at radius 3 is 2.55 bits per heavy atom. The van der Waals surface area contributed by atoms with E-state index in [1.165, 1.54) is 34.7 Å². The largest absolute Gasteiger partial charge is 0.430 e. The number of benzene rings is 2. The van der Waals surface area contributed by atoms with E-state index in [1.807, 2.05) is 5.32 Å². The average molecular weight is 521 g/mol. The van der Waals surface area contributed by atoms with Crippen LogP contribution in [-0.4, -0.2) is 27.2 Å². The third-order valence-corrected chi connectivity index (χ3v) is 4.98. The van der Waals surface area contributed by atoms with Crippen LogP contribution in [0.3, 0.4) is 0 Å². The van der Waals surface area contributed by atoms with E-state index in [0.29, 0.717) is 11.6 Å². The Balaban J connectivity index is 1.92. The summed E-state index contributed by atoms with van der Waals surface area (Å²) in [5.74, 6) is -2.68. The lowest BCUT2D eigenvalue weighted by molar-refractivity contribution is -0.257. The van der Waals surface area contributed by atoms with Crippen molar-refractivity contribution in [2.45, 2.75) is 18.3 Å². The van der Waals surface area contributed by atoms with E-state index in [-0.39, 0.29) is 14.8 Å². The molecule has 2 aromatic carbocycles. The van der Waals surface area contributed by atoms with Gasteiger partial charge in [-0.25, -0.2) is 9.37 Å². The predicted molar refractivity (Wildman–Crippen MR) is 103 cm³/mol. The zero-order chi connectivity index (χ0) is 21.4. The molecule has 29 heavy (non-hydrogen) atoms. The van der Waals surface area contributed by atoms with E-state index in [1.54, 1.807) is 12.1 Å². The van der Waals surface area contributed by atoms with Crippen LogP contribution in [0.25, 0.3) is 10.9 Å². The van der Waals surface area contributed by atoms with E-state index in [4.69, 9.17) is 0 Å². The molecular formula is C18H12F4IN3O3. The quantitative estimate of drug-likeness (QED) is 0.364. The number of amides is 1. The highest BCUT2D eigenvalue weighted by molar-refractivity contribution is 14.1. The van der Waals surface area contributed by atoms with Crippen LogP contribution >= 0.6 is 22.6 Å². The molecular weight excluding hydrogens is 509 g/mol. The number of hydrogen-bond acceptors (Lipinski definition) is 4. The number of nitrogens with zero attached hydrogens (tertiary/aromatic N) is 1. The van der Waals surface area contributed by atoms with Gasteiger partial charge in [-0.05, 0) is 46.9 Å². The molecule has 3 N–H and O–H groups in total. The van der Waals surface area contributed by atoms with Crippen LogP contribution in [0.5, 0.6) is 0 Å². The maximum atomic E-state index is 13.6. The van der Waals surface area contributed by atoms with Crippen molar-refractivity contribution in [1.82, 2.24) is 15.3 Å². The number of halogens is 5. The number of carbonyl (C=O) groups excluding carboxylic acids is 1. The van der Waals surface area contributed by atoms with Crippen LogP contribution in [-0.2, 0) is 16.9 Å². The highest BCUT2D eigenvalue weighted by atomic mass is 127. The maximum absolute atomic E-state index is 13.6. The molecule has 0 bridgehead atoms. The topological polar surface area (TPSA) is 95.1 Å². The molecule has 1 amide bonds. The first-order valence-electron chi connectivity index (χ1n) is 8.05. The van der Waals surface area contributed by atoms with Gasteiger partial charge >= 0.3 is 6.18 Å². The van der Waals surface area contributed by atoms with Crippen molar-refractivity contribution in [3.05, 3.63) is 73.6 Å². The molecule has 0 saturated heterocycles. The predicted octanol–water partition coefficient (Wildman–Crippen LogP) is 2.73. The highest BCUT2D eigenvalue weighted by Gasteiger charge is 2.60. The third kappa shape index (κ3) is 3.96. The second-order valence-corrected chi connectivity index (χ2v) is 7.21. The molecule has 0 aliphatic carbocycles. The third-order valence-electron chi connectivity index (χ3n) is 4.15. The Morgan fingerprint density at radius 1 is 1.21 bits per heavy atom. The molecule has 11 heteroatoms. The Labute approximate surface area is 174 Å². The summed E-state index contributed by atoms with van der Waals surface area (Å²) in [6.07, 6.45) is -5.39. The van der Waals surface area contributed by atoms with Gasteiger partial charge in [-0.1, -0.05) is 18.2 Å². The summed E-state index contributed by atoms with van der Waals surface area (Å²) in [5.41, 5.74) is -5.00. The van der Waals surface area contributed by atoms with Crippen molar-refractivity contribution in [3.8, 4) is 0 Å². The Morgan fingerprint density at radius 2 is 1.90 bits per heavy atom. The van der Waals surface area contributed by atoms with Crippen LogP contribution in [0, 0.1) is 9.39 Å². The molecule has 0 fully saturated rings. The normalized spacial score (nSPS) is 13.9. The number of alkyl halides is 3. The molecule has 1 atom stereocenters. The van der Waals surface area contributed by atoms with Gasteiger partial charge in [-0.15, -0.1) is 0 Å². The van der Waals surface area contributed by atoms with E-state index in [9.17, 15) is 32.3 Å². The molecule has 152 valence electrons. The molecule has 3 aromatic rings. The van der Waals surface area contributed by atoms with Gasteiger partial charge in [-0.3, -0.25) is 9.59 Å². The summed E-state index contributed by atoms with van der Waals surface area (Å²) >= 11 is 1.45. The number of para-hydroxylation sites is 1. The maximum Gasteiger partial charge on any atom is 0.430 e. The Bertz CT molecular complexity index is 1150. The number of fused-ring (bicyclic) bond motifs is 1. The number of aliphatic hydroxyl groups is 1. The van der Waals surface area contributed by atoms with Gasteiger partial charge in [0.2, 0.25) is 0 Å². The number of H-pyrrole nitrogens is 1. The zero-order valence-corrected chi connectivity index (χ0v) is 16.5. The fourth-order valence-electron chi connectivity index (χ4n) is 2.66. The van der Waals surface area contributed by atoms with E-state index in [0.717, 1.165) is 12.1 Å². The minimum atomic E-state index is -5.39. The molecule has 1 unspecified atom stereocenters. The fraction of sp³-hybridized carbons (Fsp3) is 0.167. The number of rotatable bonds is 4. The van der Waals surface area contributed by atoms with Gasteiger partial charge in [0.25, 0.3) is 17.1 Å². The van der Waals surface area contributed by atoms with Crippen molar-refractivity contribution in [2.24, 2.45) is 0 Å². The van der Waals surface area contributed by atoms with Crippen molar-refractivity contribution < 1.29 is 27.5 Å². The molecule has 0 spiro atoms. The molecule has 1 heterocycles. The van der Waals surface area contributed by atoms with E-state index < -0.39 is 41.2 Å². The van der Waals surface area contributed by atoms with Gasteiger partial charge in [0.05, 0.1) is 17.4 Å². The first kappa shape index (κ1) is 21.2. The lowest BCUT2D eigenvalue weighted by atomic mass is 9.92. The highest BCUT2D eigenvalue weighted by Crippen LogP contribution is 2.40. The summed E-state index contributed by atoms with van der Waals surface area (Å²) in [6.45, 7) is -0.574. The van der Waals surface area contributed by atoms with Gasteiger partial charge in [0, 0.05) is 9.13 Å². The SMILES string of the molecule is O=C(NCc1nc2ccccc2c(=O)[nH]1)C(O)(c1ccc(F)c(I)c1)C(F)(F)F. The van der Waals surface area contributed by atoms with Crippen molar-refractivity contribution in [1.29, 1.82) is 0 Å². The van der Waals surface area contributed by atoms with Crippen LogP contribution < -0.4 is 10.9 Å². The lowest BCUT2D eigenvalue weighted by Gasteiger charge is -2.29. The van der Waals surface area contributed by atoms with Crippen molar-refractivity contribution in [3.63, 3.8) is 0 Å².